The quantitative estimate of drug-likeness (QED) is 0.650. The molecule has 0 saturated carbocycles. The van der Waals surface area contributed by atoms with Crippen LogP contribution in [0.5, 0.6) is 11.5 Å². The van der Waals surface area contributed by atoms with Crippen molar-refractivity contribution in [3.63, 3.8) is 0 Å². The molecule has 0 fully saturated rings. The molecule has 0 unspecified atom stereocenters. The fraction of sp³-hybridized carbons (Fsp3) is 0.286. The number of imidazole rings is 1. The lowest BCUT2D eigenvalue weighted by Crippen LogP contribution is -2.01. The van der Waals surface area contributed by atoms with Crippen LogP contribution in [0.3, 0.4) is 0 Å². The summed E-state index contributed by atoms with van der Waals surface area (Å²) in [6, 6.07) is 12.4. The third-order valence-electron chi connectivity index (χ3n) is 4.37. The van der Waals surface area contributed by atoms with Crippen LogP contribution in [-0.2, 0) is 13.2 Å². The van der Waals surface area contributed by atoms with E-state index in [9.17, 15) is 0 Å². The molecule has 0 spiro atoms. The predicted molar refractivity (Wildman–Crippen MR) is 100 cm³/mol. The number of hydrogen-bond acceptors (Lipinski definition) is 3. The van der Waals surface area contributed by atoms with Crippen molar-refractivity contribution in [1.82, 2.24) is 9.55 Å². The second kappa shape index (κ2) is 7.43. The minimum Gasteiger partial charge on any atom is -0.493 e. The molecule has 4 nitrogen and oxygen atoms in total. The molecular formula is C21H24N2O2. The van der Waals surface area contributed by atoms with E-state index < -0.39 is 0 Å². The number of aryl methyl sites for hydroxylation is 3. The van der Waals surface area contributed by atoms with Gasteiger partial charge in [0, 0.05) is 24.5 Å². The third kappa shape index (κ3) is 3.68. The minimum atomic E-state index is 0.521. The van der Waals surface area contributed by atoms with Crippen LogP contribution in [0.15, 0.2) is 48.8 Å². The molecule has 1 aromatic heterocycles. The van der Waals surface area contributed by atoms with Crippen molar-refractivity contribution in [3.05, 3.63) is 65.5 Å². The van der Waals surface area contributed by atoms with Crippen molar-refractivity contribution in [2.24, 2.45) is 0 Å². The Hall–Kier alpha value is -2.75. The number of nitrogens with zero attached hydrogens (tertiary/aromatic N) is 2. The number of methoxy groups -OCH3 is 1. The van der Waals surface area contributed by atoms with Crippen molar-refractivity contribution < 1.29 is 9.47 Å². The van der Waals surface area contributed by atoms with Crippen LogP contribution in [0.25, 0.3) is 11.4 Å². The molecule has 1 heterocycles. The van der Waals surface area contributed by atoms with E-state index in [0.29, 0.717) is 12.4 Å². The lowest BCUT2D eigenvalue weighted by atomic mass is 10.1. The first-order valence-corrected chi connectivity index (χ1v) is 8.51. The van der Waals surface area contributed by atoms with E-state index in [1.165, 1.54) is 16.7 Å². The number of hydrogen-bond donors (Lipinski definition) is 0. The summed E-state index contributed by atoms with van der Waals surface area (Å²) in [6.45, 7) is 7.69. The molecule has 0 N–H and O–H groups in total. The average Bonchev–Trinajstić information content (AvgIpc) is 3.11. The third-order valence-corrected chi connectivity index (χ3v) is 4.37. The van der Waals surface area contributed by atoms with Crippen LogP contribution >= 0.6 is 0 Å². The molecule has 4 heteroatoms. The summed E-state index contributed by atoms with van der Waals surface area (Å²) in [5, 5.41) is 0. The van der Waals surface area contributed by atoms with Crippen LogP contribution in [0.4, 0.5) is 0 Å². The zero-order chi connectivity index (χ0) is 17.8. The zero-order valence-corrected chi connectivity index (χ0v) is 15.2. The molecule has 0 aliphatic heterocycles. The van der Waals surface area contributed by atoms with E-state index in [2.05, 4.69) is 48.5 Å². The van der Waals surface area contributed by atoms with Gasteiger partial charge in [0.1, 0.15) is 12.4 Å². The highest BCUT2D eigenvalue weighted by molar-refractivity contribution is 5.61. The molecule has 3 aromatic rings. The van der Waals surface area contributed by atoms with Crippen molar-refractivity contribution in [3.8, 4) is 22.9 Å². The summed E-state index contributed by atoms with van der Waals surface area (Å²) in [6.07, 6.45) is 3.79. The van der Waals surface area contributed by atoms with Gasteiger partial charge in [-0.2, -0.15) is 0 Å². The van der Waals surface area contributed by atoms with Crippen LogP contribution < -0.4 is 9.47 Å². The summed E-state index contributed by atoms with van der Waals surface area (Å²) >= 11 is 0. The van der Waals surface area contributed by atoms with Crippen LogP contribution in [0.1, 0.15) is 23.6 Å². The van der Waals surface area contributed by atoms with Gasteiger partial charge in [0.25, 0.3) is 0 Å². The summed E-state index contributed by atoms with van der Waals surface area (Å²) in [4.78, 5) is 4.44. The van der Waals surface area contributed by atoms with Gasteiger partial charge in [0.2, 0.25) is 0 Å². The summed E-state index contributed by atoms with van der Waals surface area (Å²) in [7, 11) is 1.66. The first-order valence-electron chi connectivity index (χ1n) is 8.51. The normalized spacial score (nSPS) is 10.7. The Morgan fingerprint density at radius 3 is 2.64 bits per heavy atom. The van der Waals surface area contributed by atoms with E-state index >= 15 is 0 Å². The van der Waals surface area contributed by atoms with E-state index in [1.54, 1.807) is 7.11 Å². The molecule has 3 rings (SSSR count). The first kappa shape index (κ1) is 17.1. The van der Waals surface area contributed by atoms with Crippen molar-refractivity contribution in [1.29, 1.82) is 0 Å². The Kier molecular flexibility index (Phi) is 5.08. The largest absolute Gasteiger partial charge is 0.493 e. The second-order valence-corrected chi connectivity index (χ2v) is 6.12. The molecule has 0 aliphatic carbocycles. The summed E-state index contributed by atoms with van der Waals surface area (Å²) in [5.74, 6) is 2.39. The standard InChI is InChI=1S/C21H24N2O2/c1-5-23-11-10-22-21(23)17-8-9-19(20(13-17)24-4)25-14-18-12-15(2)6-7-16(18)3/h6-13H,5,14H2,1-4H3. The molecule has 0 amide bonds. The van der Waals surface area contributed by atoms with Crippen molar-refractivity contribution >= 4 is 0 Å². The van der Waals surface area contributed by atoms with Crippen LogP contribution in [-0.4, -0.2) is 16.7 Å². The van der Waals surface area contributed by atoms with Crippen molar-refractivity contribution in [2.75, 3.05) is 7.11 Å². The molecule has 25 heavy (non-hydrogen) atoms. The Morgan fingerprint density at radius 1 is 1.04 bits per heavy atom. The maximum atomic E-state index is 6.03. The summed E-state index contributed by atoms with van der Waals surface area (Å²) in [5.41, 5.74) is 4.67. The van der Waals surface area contributed by atoms with Gasteiger partial charge in [-0.15, -0.1) is 0 Å². The average molecular weight is 336 g/mol. The van der Waals surface area contributed by atoms with E-state index in [4.69, 9.17) is 9.47 Å². The van der Waals surface area contributed by atoms with Crippen molar-refractivity contribution in [2.45, 2.75) is 33.9 Å². The van der Waals surface area contributed by atoms with Gasteiger partial charge in [0.15, 0.2) is 11.5 Å². The molecule has 2 aromatic carbocycles. The lowest BCUT2D eigenvalue weighted by Gasteiger charge is -2.14. The van der Waals surface area contributed by atoms with Crippen LogP contribution in [0, 0.1) is 13.8 Å². The molecular weight excluding hydrogens is 312 g/mol. The van der Waals surface area contributed by atoms with Gasteiger partial charge in [-0.05, 0) is 50.1 Å². The number of aromatic nitrogens is 2. The smallest absolute Gasteiger partial charge is 0.161 e. The van der Waals surface area contributed by atoms with Crippen LogP contribution in [0.2, 0.25) is 0 Å². The van der Waals surface area contributed by atoms with Gasteiger partial charge in [0.05, 0.1) is 7.11 Å². The SMILES string of the molecule is CCn1ccnc1-c1ccc(OCc2cc(C)ccc2C)c(OC)c1. The Bertz CT molecular complexity index is 868. The topological polar surface area (TPSA) is 36.3 Å². The minimum absolute atomic E-state index is 0.521. The van der Waals surface area contributed by atoms with Gasteiger partial charge in [-0.3, -0.25) is 0 Å². The number of rotatable bonds is 6. The molecule has 0 bridgehead atoms. The van der Waals surface area contributed by atoms with Gasteiger partial charge >= 0.3 is 0 Å². The molecule has 0 atom stereocenters. The maximum Gasteiger partial charge on any atom is 0.161 e. The fourth-order valence-electron chi connectivity index (χ4n) is 2.86. The van der Waals surface area contributed by atoms with E-state index in [1.807, 2.05) is 30.6 Å². The highest BCUT2D eigenvalue weighted by Crippen LogP contribution is 2.32. The number of ether oxygens (including phenoxy) is 2. The number of benzene rings is 2. The Balaban J connectivity index is 1.84. The highest BCUT2D eigenvalue weighted by Gasteiger charge is 2.11. The van der Waals surface area contributed by atoms with E-state index in [0.717, 1.165) is 23.7 Å². The molecule has 0 radical (unpaired) electrons. The monoisotopic (exact) mass is 336 g/mol. The Labute approximate surface area is 149 Å². The molecule has 0 saturated heterocycles. The first-order chi connectivity index (χ1) is 12.1. The zero-order valence-electron chi connectivity index (χ0n) is 15.2. The summed E-state index contributed by atoms with van der Waals surface area (Å²) < 4.78 is 13.7. The fourth-order valence-corrected chi connectivity index (χ4v) is 2.86. The lowest BCUT2D eigenvalue weighted by molar-refractivity contribution is 0.284. The Morgan fingerprint density at radius 2 is 1.88 bits per heavy atom. The molecule has 0 aliphatic rings. The van der Waals surface area contributed by atoms with E-state index in [-0.39, 0.29) is 0 Å². The predicted octanol–water partition coefficient (Wildman–Crippen LogP) is 4.77. The van der Waals surface area contributed by atoms with Gasteiger partial charge < -0.3 is 14.0 Å². The second-order valence-electron chi connectivity index (χ2n) is 6.12. The highest BCUT2D eigenvalue weighted by atomic mass is 16.5. The van der Waals surface area contributed by atoms with Gasteiger partial charge in [-0.1, -0.05) is 23.8 Å². The van der Waals surface area contributed by atoms with Gasteiger partial charge in [-0.25, -0.2) is 4.98 Å². The maximum absolute atomic E-state index is 6.03. The molecule has 130 valence electrons.